The van der Waals surface area contributed by atoms with Gasteiger partial charge in [-0.1, -0.05) is 29.8 Å². The van der Waals surface area contributed by atoms with Crippen LogP contribution >= 0.6 is 23.2 Å². The average Bonchev–Trinajstić information content (AvgIpc) is 2.52. The van der Waals surface area contributed by atoms with Crippen LogP contribution in [0.4, 0.5) is 0 Å². The van der Waals surface area contributed by atoms with Gasteiger partial charge < -0.3 is 4.74 Å². The molecule has 0 aliphatic carbocycles. The summed E-state index contributed by atoms with van der Waals surface area (Å²) in [4.78, 5) is 15.7. The summed E-state index contributed by atoms with van der Waals surface area (Å²) in [7, 11) is 0. The van der Waals surface area contributed by atoms with E-state index in [0.29, 0.717) is 21.5 Å². The van der Waals surface area contributed by atoms with Crippen LogP contribution in [0.1, 0.15) is 5.56 Å². The van der Waals surface area contributed by atoms with E-state index in [0.717, 1.165) is 5.56 Å². The molecule has 5 nitrogen and oxygen atoms in total. The van der Waals surface area contributed by atoms with E-state index >= 15 is 0 Å². The van der Waals surface area contributed by atoms with Gasteiger partial charge in [-0.2, -0.15) is 0 Å². The summed E-state index contributed by atoms with van der Waals surface area (Å²) >= 11 is 11.7. The molecule has 0 saturated heterocycles. The van der Waals surface area contributed by atoms with Crippen molar-refractivity contribution in [1.82, 2.24) is 15.8 Å². The molecule has 1 aromatic heterocycles. The molecule has 0 unspecified atom stereocenters. The number of carbonyl (C=O) groups excluding carboxylic acids is 1. The zero-order chi connectivity index (χ0) is 15.9. The molecule has 114 valence electrons. The standard InChI is InChI=1S/C15H13Cl2N3O2/c1-10(11-3-2-6-18-8-11)19-20-15(21)9-22-14-5-4-12(16)7-13(14)17/h2-8,19H,1,9H2,(H,20,21). The molecule has 22 heavy (non-hydrogen) atoms. The fraction of sp³-hybridized carbons (Fsp3) is 0.0667. The molecule has 0 aliphatic rings. The lowest BCUT2D eigenvalue weighted by Crippen LogP contribution is -2.39. The van der Waals surface area contributed by atoms with E-state index in [1.54, 1.807) is 36.7 Å². The monoisotopic (exact) mass is 337 g/mol. The highest BCUT2D eigenvalue weighted by Gasteiger charge is 2.07. The summed E-state index contributed by atoms with van der Waals surface area (Å²) in [5, 5.41) is 0.837. The Morgan fingerprint density at radius 2 is 2.09 bits per heavy atom. The molecule has 0 aliphatic heterocycles. The number of hydrogen-bond acceptors (Lipinski definition) is 4. The first-order valence-corrected chi connectivity index (χ1v) is 7.04. The molecule has 0 atom stereocenters. The highest BCUT2D eigenvalue weighted by molar-refractivity contribution is 6.35. The first-order chi connectivity index (χ1) is 10.6. The molecule has 7 heteroatoms. The summed E-state index contributed by atoms with van der Waals surface area (Å²) < 4.78 is 5.31. The number of benzene rings is 1. The average molecular weight is 338 g/mol. The van der Waals surface area contributed by atoms with Crippen molar-refractivity contribution in [3.8, 4) is 5.75 Å². The molecule has 2 aromatic rings. The van der Waals surface area contributed by atoms with Crippen LogP contribution in [0.3, 0.4) is 0 Å². The zero-order valence-corrected chi connectivity index (χ0v) is 13.0. The molecule has 0 fully saturated rings. The first kappa shape index (κ1) is 16.1. The number of carbonyl (C=O) groups is 1. The van der Waals surface area contributed by atoms with Crippen molar-refractivity contribution in [2.24, 2.45) is 0 Å². The second-order valence-corrected chi connectivity index (χ2v) is 5.10. The number of hydrogen-bond donors (Lipinski definition) is 2. The molecule has 0 bridgehead atoms. The summed E-state index contributed by atoms with van der Waals surface area (Å²) in [5.41, 5.74) is 6.45. The molecular weight excluding hydrogens is 325 g/mol. The number of amides is 1. The Labute approximate surface area is 137 Å². The van der Waals surface area contributed by atoms with Crippen LogP contribution in [0.15, 0.2) is 49.3 Å². The lowest BCUT2D eigenvalue weighted by Gasteiger charge is -2.12. The predicted octanol–water partition coefficient (Wildman–Crippen LogP) is 3.06. The van der Waals surface area contributed by atoms with Crippen LogP contribution in [-0.2, 0) is 4.79 Å². The number of rotatable bonds is 6. The smallest absolute Gasteiger partial charge is 0.276 e. The van der Waals surface area contributed by atoms with E-state index in [2.05, 4.69) is 22.4 Å². The Balaban J connectivity index is 1.80. The molecule has 1 aromatic carbocycles. The Bertz CT molecular complexity index is 678. The third-order valence-corrected chi connectivity index (χ3v) is 3.15. The maximum Gasteiger partial charge on any atom is 0.276 e. The van der Waals surface area contributed by atoms with Crippen LogP contribution in [-0.4, -0.2) is 17.5 Å². The quantitative estimate of drug-likeness (QED) is 0.795. The van der Waals surface area contributed by atoms with Gasteiger partial charge in [0.25, 0.3) is 5.91 Å². The number of hydrazine groups is 1. The highest BCUT2D eigenvalue weighted by atomic mass is 35.5. The number of nitrogens with one attached hydrogen (secondary N) is 2. The Morgan fingerprint density at radius 1 is 1.27 bits per heavy atom. The maximum absolute atomic E-state index is 11.7. The Morgan fingerprint density at radius 3 is 2.77 bits per heavy atom. The summed E-state index contributed by atoms with van der Waals surface area (Å²) in [6, 6.07) is 8.36. The molecule has 0 spiro atoms. The van der Waals surface area contributed by atoms with Crippen LogP contribution < -0.4 is 15.6 Å². The molecular formula is C15H13Cl2N3O2. The van der Waals surface area contributed by atoms with Gasteiger partial charge in [-0.3, -0.25) is 20.6 Å². The third kappa shape index (κ3) is 4.65. The number of halogens is 2. The van der Waals surface area contributed by atoms with E-state index in [-0.39, 0.29) is 12.5 Å². The van der Waals surface area contributed by atoms with Crippen LogP contribution in [0.25, 0.3) is 5.70 Å². The summed E-state index contributed by atoms with van der Waals surface area (Å²) in [5.74, 6) is 0.00311. The topological polar surface area (TPSA) is 63.2 Å². The van der Waals surface area contributed by atoms with Crippen molar-refractivity contribution in [2.75, 3.05) is 6.61 Å². The van der Waals surface area contributed by atoms with Gasteiger partial charge >= 0.3 is 0 Å². The van der Waals surface area contributed by atoms with Gasteiger partial charge in [0.1, 0.15) is 5.75 Å². The van der Waals surface area contributed by atoms with E-state index in [1.807, 2.05) is 6.07 Å². The molecule has 1 amide bonds. The van der Waals surface area contributed by atoms with Crippen molar-refractivity contribution in [3.63, 3.8) is 0 Å². The van der Waals surface area contributed by atoms with E-state index in [4.69, 9.17) is 27.9 Å². The Hall–Kier alpha value is -2.24. The highest BCUT2D eigenvalue weighted by Crippen LogP contribution is 2.27. The first-order valence-electron chi connectivity index (χ1n) is 6.28. The largest absolute Gasteiger partial charge is 0.482 e. The fourth-order valence-corrected chi connectivity index (χ4v) is 1.99. The summed E-state index contributed by atoms with van der Waals surface area (Å²) in [6.07, 6.45) is 3.28. The van der Waals surface area contributed by atoms with Crippen LogP contribution in [0.2, 0.25) is 10.0 Å². The lowest BCUT2D eigenvalue weighted by atomic mass is 10.2. The number of aromatic nitrogens is 1. The van der Waals surface area contributed by atoms with Gasteiger partial charge in [-0.25, -0.2) is 0 Å². The van der Waals surface area contributed by atoms with Crippen molar-refractivity contribution < 1.29 is 9.53 Å². The van der Waals surface area contributed by atoms with Crippen LogP contribution in [0, 0.1) is 0 Å². The third-order valence-electron chi connectivity index (χ3n) is 2.62. The minimum absolute atomic E-state index is 0.200. The second kappa shape index (κ2) is 7.68. The van der Waals surface area contributed by atoms with E-state index in [1.165, 1.54) is 0 Å². The van der Waals surface area contributed by atoms with Gasteiger partial charge in [0, 0.05) is 23.0 Å². The molecule has 1 heterocycles. The van der Waals surface area contributed by atoms with Gasteiger partial charge in [-0.05, 0) is 30.3 Å². The van der Waals surface area contributed by atoms with Gasteiger partial charge in [0.15, 0.2) is 6.61 Å². The number of pyridine rings is 1. The van der Waals surface area contributed by atoms with Crippen molar-refractivity contribution in [2.45, 2.75) is 0 Å². The second-order valence-electron chi connectivity index (χ2n) is 4.26. The Kier molecular flexibility index (Phi) is 5.63. The number of nitrogens with zero attached hydrogens (tertiary/aromatic N) is 1. The van der Waals surface area contributed by atoms with Gasteiger partial charge in [-0.15, -0.1) is 0 Å². The van der Waals surface area contributed by atoms with Crippen molar-refractivity contribution in [1.29, 1.82) is 0 Å². The fourth-order valence-electron chi connectivity index (χ4n) is 1.53. The van der Waals surface area contributed by atoms with Gasteiger partial charge in [0.05, 0.1) is 10.7 Å². The molecule has 0 radical (unpaired) electrons. The van der Waals surface area contributed by atoms with Gasteiger partial charge in [0.2, 0.25) is 0 Å². The van der Waals surface area contributed by atoms with E-state index in [9.17, 15) is 4.79 Å². The van der Waals surface area contributed by atoms with Crippen molar-refractivity contribution >= 4 is 34.8 Å². The molecule has 2 rings (SSSR count). The molecule has 2 N–H and O–H groups in total. The predicted molar refractivity (Wildman–Crippen MR) is 86.5 cm³/mol. The summed E-state index contributed by atoms with van der Waals surface area (Å²) in [6.45, 7) is 3.60. The minimum Gasteiger partial charge on any atom is -0.482 e. The zero-order valence-electron chi connectivity index (χ0n) is 11.5. The maximum atomic E-state index is 11.7. The SMILES string of the molecule is C=C(NNC(=O)COc1ccc(Cl)cc1Cl)c1cccnc1. The molecule has 0 saturated carbocycles. The minimum atomic E-state index is -0.379. The van der Waals surface area contributed by atoms with Crippen LogP contribution in [0.5, 0.6) is 5.75 Å². The lowest BCUT2D eigenvalue weighted by molar-refractivity contribution is -0.123. The van der Waals surface area contributed by atoms with Crippen molar-refractivity contribution in [3.05, 3.63) is 64.9 Å². The normalized spacial score (nSPS) is 9.91. The van der Waals surface area contributed by atoms with E-state index < -0.39 is 0 Å². The number of ether oxygens (including phenoxy) is 1.